The van der Waals surface area contributed by atoms with Gasteiger partial charge in [0.1, 0.15) is 0 Å². The Morgan fingerprint density at radius 1 is 1.19 bits per heavy atom. The van der Waals surface area contributed by atoms with Crippen LogP contribution in [0.25, 0.3) is 0 Å². The van der Waals surface area contributed by atoms with Crippen molar-refractivity contribution in [2.45, 2.75) is 46.0 Å². The lowest BCUT2D eigenvalue weighted by Gasteiger charge is -2.29. The topological polar surface area (TPSA) is 23.6 Å². The Morgan fingerprint density at radius 2 is 1.95 bits per heavy atom. The standard InChI is InChI=1S/C18H28N2O/c1-14(12-15(2)21)20-11-8-16(13-20)17-6-5-7-18(17)19-9-3-4-10-19/h7,12,16-17H,3-6,8-11,13H2,1-2H3/b14-12+. The number of allylic oxidation sites excluding steroid dienone is 4. The van der Waals surface area contributed by atoms with Crippen molar-refractivity contribution >= 4 is 5.78 Å². The van der Waals surface area contributed by atoms with Crippen LogP contribution in [0.5, 0.6) is 0 Å². The average molecular weight is 288 g/mol. The van der Waals surface area contributed by atoms with Gasteiger partial charge in [-0.15, -0.1) is 0 Å². The van der Waals surface area contributed by atoms with Crippen molar-refractivity contribution < 1.29 is 4.79 Å². The third kappa shape index (κ3) is 3.17. The summed E-state index contributed by atoms with van der Waals surface area (Å²) < 4.78 is 0. The van der Waals surface area contributed by atoms with E-state index in [0.29, 0.717) is 0 Å². The molecule has 0 amide bonds. The number of rotatable bonds is 4. The fourth-order valence-electron chi connectivity index (χ4n) is 4.35. The van der Waals surface area contributed by atoms with Gasteiger partial charge in [0.15, 0.2) is 5.78 Å². The molecule has 0 N–H and O–H groups in total. The third-order valence-corrected chi connectivity index (χ3v) is 5.39. The monoisotopic (exact) mass is 288 g/mol. The molecule has 2 unspecified atom stereocenters. The van der Waals surface area contributed by atoms with Crippen molar-refractivity contribution in [2.24, 2.45) is 11.8 Å². The lowest BCUT2D eigenvalue weighted by Crippen LogP contribution is -2.28. The van der Waals surface area contributed by atoms with Crippen LogP contribution in [0.15, 0.2) is 23.5 Å². The quantitative estimate of drug-likeness (QED) is 0.742. The molecule has 0 spiro atoms. The summed E-state index contributed by atoms with van der Waals surface area (Å²) in [6.45, 7) is 8.50. The average Bonchev–Trinajstić information content (AvgIpc) is 3.18. The fraction of sp³-hybridized carbons (Fsp3) is 0.722. The smallest absolute Gasteiger partial charge is 0.154 e. The van der Waals surface area contributed by atoms with Crippen LogP contribution in [0.1, 0.15) is 46.0 Å². The normalized spacial score (nSPS) is 30.2. The number of ketones is 1. The van der Waals surface area contributed by atoms with E-state index in [1.165, 1.54) is 45.2 Å². The molecule has 0 saturated carbocycles. The first kappa shape index (κ1) is 14.7. The van der Waals surface area contributed by atoms with Gasteiger partial charge in [-0.1, -0.05) is 6.08 Å². The molecule has 3 heteroatoms. The molecule has 2 aliphatic heterocycles. The van der Waals surface area contributed by atoms with E-state index in [2.05, 4.69) is 22.8 Å². The molecule has 2 atom stereocenters. The van der Waals surface area contributed by atoms with E-state index in [4.69, 9.17) is 0 Å². The molecular weight excluding hydrogens is 260 g/mol. The van der Waals surface area contributed by atoms with Crippen LogP contribution in [-0.2, 0) is 4.79 Å². The molecule has 3 aliphatic rings. The van der Waals surface area contributed by atoms with Gasteiger partial charge in [-0.3, -0.25) is 4.79 Å². The largest absolute Gasteiger partial charge is 0.375 e. The van der Waals surface area contributed by atoms with Crippen molar-refractivity contribution in [3.8, 4) is 0 Å². The number of hydrogen-bond acceptors (Lipinski definition) is 3. The van der Waals surface area contributed by atoms with Crippen LogP contribution in [0, 0.1) is 11.8 Å². The molecule has 2 saturated heterocycles. The molecule has 21 heavy (non-hydrogen) atoms. The zero-order chi connectivity index (χ0) is 14.8. The highest BCUT2D eigenvalue weighted by molar-refractivity contribution is 5.87. The molecule has 3 nitrogen and oxygen atoms in total. The molecule has 3 rings (SSSR count). The highest BCUT2D eigenvalue weighted by Gasteiger charge is 2.35. The predicted octanol–water partition coefficient (Wildman–Crippen LogP) is 3.19. The lowest BCUT2D eigenvalue weighted by molar-refractivity contribution is -0.112. The van der Waals surface area contributed by atoms with Crippen LogP contribution in [0.4, 0.5) is 0 Å². The van der Waals surface area contributed by atoms with Gasteiger partial charge < -0.3 is 9.80 Å². The Bertz CT molecular complexity index is 460. The van der Waals surface area contributed by atoms with Crippen molar-refractivity contribution in [3.05, 3.63) is 23.5 Å². The zero-order valence-corrected chi connectivity index (χ0v) is 13.5. The van der Waals surface area contributed by atoms with Gasteiger partial charge in [0, 0.05) is 43.5 Å². The minimum atomic E-state index is 0.162. The van der Waals surface area contributed by atoms with Gasteiger partial charge in [-0.05, 0) is 57.9 Å². The van der Waals surface area contributed by atoms with E-state index in [-0.39, 0.29) is 5.78 Å². The van der Waals surface area contributed by atoms with Crippen LogP contribution in [0.2, 0.25) is 0 Å². The molecular formula is C18H28N2O. The number of likely N-dealkylation sites (tertiary alicyclic amines) is 2. The zero-order valence-electron chi connectivity index (χ0n) is 13.5. The van der Waals surface area contributed by atoms with Gasteiger partial charge in [0.25, 0.3) is 0 Å². The van der Waals surface area contributed by atoms with Gasteiger partial charge in [-0.25, -0.2) is 0 Å². The summed E-state index contributed by atoms with van der Waals surface area (Å²) in [6.07, 6.45) is 10.9. The number of nitrogens with zero attached hydrogens (tertiary/aromatic N) is 2. The molecule has 2 fully saturated rings. The molecule has 2 heterocycles. The molecule has 1 aliphatic carbocycles. The molecule has 0 bridgehead atoms. The SMILES string of the molecule is CC(=O)/C=C(\C)N1CCC(C2CCC=C2N2CCCC2)C1. The van der Waals surface area contributed by atoms with Crippen molar-refractivity contribution in [3.63, 3.8) is 0 Å². The van der Waals surface area contributed by atoms with Gasteiger partial charge in [0.05, 0.1) is 0 Å². The van der Waals surface area contributed by atoms with E-state index < -0.39 is 0 Å². The van der Waals surface area contributed by atoms with Crippen molar-refractivity contribution in [1.29, 1.82) is 0 Å². The Balaban J connectivity index is 1.63. The van der Waals surface area contributed by atoms with Crippen molar-refractivity contribution in [2.75, 3.05) is 26.2 Å². The van der Waals surface area contributed by atoms with E-state index in [1.54, 1.807) is 18.7 Å². The van der Waals surface area contributed by atoms with E-state index in [0.717, 1.165) is 30.6 Å². The van der Waals surface area contributed by atoms with Gasteiger partial charge in [0.2, 0.25) is 0 Å². The summed E-state index contributed by atoms with van der Waals surface area (Å²) in [4.78, 5) is 16.3. The third-order valence-electron chi connectivity index (χ3n) is 5.39. The minimum absolute atomic E-state index is 0.162. The second kappa shape index (κ2) is 6.25. The number of hydrogen-bond donors (Lipinski definition) is 0. The first-order valence-electron chi connectivity index (χ1n) is 8.54. The second-order valence-electron chi connectivity index (χ2n) is 6.90. The van der Waals surface area contributed by atoms with Gasteiger partial charge in [-0.2, -0.15) is 0 Å². The highest BCUT2D eigenvalue weighted by Crippen LogP contribution is 2.40. The van der Waals surface area contributed by atoms with Gasteiger partial charge >= 0.3 is 0 Å². The van der Waals surface area contributed by atoms with Crippen molar-refractivity contribution in [1.82, 2.24) is 9.80 Å². The number of carbonyl (C=O) groups is 1. The fourth-order valence-corrected chi connectivity index (χ4v) is 4.35. The highest BCUT2D eigenvalue weighted by atomic mass is 16.1. The first-order chi connectivity index (χ1) is 10.1. The van der Waals surface area contributed by atoms with Crippen LogP contribution in [0.3, 0.4) is 0 Å². The maximum atomic E-state index is 11.3. The van der Waals surface area contributed by atoms with Crippen LogP contribution >= 0.6 is 0 Å². The second-order valence-corrected chi connectivity index (χ2v) is 6.90. The summed E-state index contributed by atoms with van der Waals surface area (Å²) >= 11 is 0. The maximum absolute atomic E-state index is 11.3. The van der Waals surface area contributed by atoms with Crippen LogP contribution < -0.4 is 0 Å². The Labute approximate surface area is 128 Å². The predicted molar refractivity (Wildman–Crippen MR) is 85.7 cm³/mol. The molecule has 0 aromatic carbocycles. The molecule has 0 aromatic heterocycles. The molecule has 0 aromatic rings. The summed E-state index contributed by atoms with van der Waals surface area (Å²) in [5.41, 5.74) is 2.79. The summed E-state index contributed by atoms with van der Waals surface area (Å²) in [7, 11) is 0. The summed E-state index contributed by atoms with van der Waals surface area (Å²) in [5, 5.41) is 0. The molecule has 0 radical (unpaired) electrons. The first-order valence-corrected chi connectivity index (χ1v) is 8.54. The summed E-state index contributed by atoms with van der Waals surface area (Å²) in [5.74, 6) is 1.70. The van der Waals surface area contributed by atoms with E-state index in [9.17, 15) is 4.79 Å². The van der Waals surface area contributed by atoms with Crippen LogP contribution in [-0.4, -0.2) is 41.8 Å². The van der Waals surface area contributed by atoms with E-state index >= 15 is 0 Å². The molecule has 116 valence electrons. The Hall–Kier alpha value is -1.25. The van der Waals surface area contributed by atoms with E-state index in [1.807, 2.05) is 0 Å². The Kier molecular flexibility index (Phi) is 4.37. The summed E-state index contributed by atoms with van der Waals surface area (Å²) in [6, 6.07) is 0. The number of carbonyl (C=O) groups excluding carboxylic acids is 1. The minimum Gasteiger partial charge on any atom is -0.375 e. The maximum Gasteiger partial charge on any atom is 0.154 e. The lowest BCUT2D eigenvalue weighted by atomic mass is 9.88. The Morgan fingerprint density at radius 3 is 2.67 bits per heavy atom.